The first kappa shape index (κ1) is 18.5. The van der Waals surface area contributed by atoms with Crippen molar-refractivity contribution in [1.82, 2.24) is 15.0 Å². The van der Waals surface area contributed by atoms with Crippen LogP contribution < -0.4 is 9.64 Å². The molecule has 30 heavy (non-hydrogen) atoms. The summed E-state index contributed by atoms with van der Waals surface area (Å²) in [6.07, 6.45) is 3.52. The molecule has 6 nitrogen and oxygen atoms in total. The summed E-state index contributed by atoms with van der Waals surface area (Å²) in [6, 6.07) is 21.8. The number of rotatable bonds is 5. The van der Waals surface area contributed by atoms with Gasteiger partial charge in [-0.1, -0.05) is 30.3 Å². The summed E-state index contributed by atoms with van der Waals surface area (Å²) >= 11 is 0. The van der Waals surface area contributed by atoms with Crippen LogP contribution >= 0.6 is 0 Å². The minimum absolute atomic E-state index is 0.0328. The SMILES string of the molecule is c1ccc(OCC2CN(c3nc(-c4cccnc4)nc4ccccc34)CCO2)cc1. The minimum Gasteiger partial charge on any atom is -0.491 e. The minimum atomic E-state index is -0.0328. The van der Waals surface area contributed by atoms with Gasteiger partial charge >= 0.3 is 0 Å². The molecule has 0 saturated carbocycles. The summed E-state index contributed by atoms with van der Waals surface area (Å²) in [7, 11) is 0. The normalized spacial score (nSPS) is 16.5. The first-order valence-electron chi connectivity index (χ1n) is 10.1. The summed E-state index contributed by atoms with van der Waals surface area (Å²) in [5.41, 5.74) is 1.83. The summed E-state index contributed by atoms with van der Waals surface area (Å²) in [5, 5.41) is 1.04. The molecule has 1 fully saturated rings. The Morgan fingerprint density at radius 2 is 1.83 bits per heavy atom. The lowest BCUT2D eigenvalue weighted by Gasteiger charge is -2.34. The fourth-order valence-electron chi connectivity index (χ4n) is 3.64. The molecule has 0 aliphatic carbocycles. The summed E-state index contributed by atoms with van der Waals surface area (Å²) in [5.74, 6) is 2.46. The van der Waals surface area contributed by atoms with Crippen molar-refractivity contribution in [2.75, 3.05) is 31.2 Å². The van der Waals surface area contributed by atoms with Crippen molar-refractivity contribution in [2.24, 2.45) is 0 Å². The predicted octanol–water partition coefficient (Wildman–Crippen LogP) is 3.98. The van der Waals surface area contributed by atoms with Crippen LogP contribution in [0.5, 0.6) is 5.75 Å². The Morgan fingerprint density at radius 3 is 2.70 bits per heavy atom. The second kappa shape index (κ2) is 8.47. The van der Waals surface area contributed by atoms with Crippen LogP contribution in [0.15, 0.2) is 79.1 Å². The molecule has 1 aliphatic heterocycles. The third-order valence-electron chi connectivity index (χ3n) is 5.12. The van der Waals surface area contributed by atoms with E-state index >= 15 is 0 Å². The molecule has 0 bridgehead atoms. The van der Waals surface area contributed by atoms with Crippen LogP contribution in [-0.2, 0) is 4.74 Å². The number of pyridine rings is 1. The summed E-state index contributed by atoms with van der Waals surface area (Å²) < 4.78 is 11.9. The van der Waals surface area contributed by atoms with Crippen molar-refractivity contribution in [1.29, 1.82) is 0 Å². The number of benzene rings is 2. The van der Waals surface area contributed by atoms with Gasteiger partial charge in [-0.15, -0.1) is 0 Å². The van der Waals surface area contributed by atoms with E-state index in [1.807, 2.05) is 60.7 Å². The average molecular weight is 398 g/mol. The number of aromatic nitrogens is 3. The predicted molar refractivity (Wildman–Crippen MR) is 117 cm³/mol. The molecule has 1 saturated heterocycles. The molecule has 3 heterocycles. The number of para-hydroxylation sites is 2. The molecule has 150 valence electrons. The van der Waals surface area contributed by atoms with E-state index in [1.54, 1.807) is 12.4 Å². The number of nitrogens with zero attached hydrogens (tertiary/aromatic N) is 4. The molecular formula is C24H22N4O2. The molecule has 4 aromatic rings. The highest BCUT2D eigenvalue weighted by Crippen LogP contribution is 2.28. The van der Waals surface area contributed by atoms with Crippen LogP contribution in [0.3, 0.4) is 0 Å². The lowest BCUT2D eigenvalue weighted by Crippen LogP contribution is -2.45. The van der Waals surface area contributed by atoms with Crippen LogP contribution in [0, 0.1) is 0 Å². The molecule has 5 rings (SSSR count). The van der Waals surface area contributed by atoms with E-state index < -0.39 is 0 Å². The van der Waals surface area contributed by atoms with Crippen LogP contribution in [0.1, 0.15) is 0 Å². The van der Waals surface area contributed by atoms with Crippen molar-refractivity contribution < 1.29 is 9.47 Å². The quantitative estimate of drug-likeness (QED) is 0.507. The van der Waals surface area contributed by atoms with E-state index in [0.717, 1.165) is 34.6 Å². The molecular weight excluding hydrogens is 376 g/mol. The Hall–Kier alpha value is -3.51. The van der Waals surface area contributed by atoms with Gasteiger partial charge < -0.3 is 14.4 Å². The lowest BCUT2D eigenvalue weighted by molar-refractivity contribution is 0.0101. The average Bonchev–Trinajstić information content (AvgIpc) is 2.83. The molecule has 0 radical (unpaired) electrons. The van der Waals surface area contributed by atoms with Crippen molar-refractivity contribution in [3.63, 3.8) is 0 Å². The number of morpholine rings is 1. The second-order valence-electron chi connectivity index (χ2n) is 7.19. The highest BCUT2D eigenvalue weighted by Gasteiger charge is 2.24. The van der Waals surface area contributed by atoms with Gasteiger partial charge in [0.25, 0.3) is 0 Å². The van der Waals surface area contributed by atoms with Crippen molar-refractivity contribution in [2.45, 2.75) is 6.10 Å². The van der Waals surface area contributed by atoms with E-state index in [1.165, 1.54) is 0 Å². The summed E-state index contributed by atoms with van der Waals surface area (Å²) in [4.78, 5) is 16.2. The Morgan fingerprint density at radius 1 is 0.967 bits per heavy atom. The lowest BCUT2D eigenvalue weighted by atomic mass is 10.2. The third-order valence-corrected chi connectivity index (χ3v) is 5.12. The maximum Gasteiger partial charge on any atom is 0.163 e. The first-order chi connectivity index (χ1) is 14.9. The van der Waals surface area contributed by atoms with Crippen LogP contribution in [0.25, 0.3) is 22.3 Å². The Labute approximate surface area is 175 Å². The maximum absolute atomic E-state index is 5.96. The standard InChI is InChI=1S/C24H22N4O2/c1-2-8-19(9-3-1)30-17-20-16-28(13-14-29-20)24-21-10-4-5-11-22(21)26-23(27-24)18-7-6-12-25-15-18/h1-12,15,20H,13-14,16-17H2. The monoisotopic (exact) mass is 398 g/mol. The summed E-state index contributed by atoms with van der Waals surface area (Å²) in [6.45, 7) is 2.61. The number of ether oxygens (including phenoxy) is 2. The fraction of sp³-hybridized carbons (Fsp3) is 0.208. The van der Waals surface area contributed by atoms with Gasteiger partial charge in [0, 0.05) is 36.4 Å². The van der Waals surface area contributed by atoms with E-state index in [9.17, 15) is 0 Å². The Balaban J connectivity index is 1.43. The van der Waals surface area contributed by atoms with Crippen LogP contribution in [0.2, 0.25) is 0 Å². The highest BCUT2D eigenvalue weighted by molar-refractivity contribution is 5.91. The van der Waals surface area contributed by atoms with E-state index in [-0.39, 0.29) is 6.10 Å². The van der Waals surface area contributed by atoms with Gasteiger partial charge in [0.1, 0.15) is 24.3 Å². The maximum atomic E-state index is 5.96. The number of anilines is 1. The van der Waals surface area contributed by atoms with Gasteiger partial charge in [-0.3, -0.25) is 4.98 Å². The van der Waals surface area contributed by atoms with Gasteiger partial charge in [0.2, 0.25) is 0 Å². The third kappa shape index (κ3) is 3.95. The number of hydrogen-bond donors (Lipinski definition) is 0. The van der Waals surface area contributed by atoms with Gasteiger partial charge in [0.15, 0.2) is 5.82 Å². The van der Waals surface area contributed by atoms with Crippen molar-refractivity contribution in [3.8, 4) is 17.1 Å². The van der Waals surface area contributed by atoms with E-state index in [2.05, 4.69) is 16.0 Å². The fourth-order valence-corrected chi connectivity index (χ4v) is 3.64. The number of hydrogen-bond acceptors (Lipinski definition) is 6. The van der Waals surface area contributed by atoms with Gasteiger partial charge in [-0.2, -0.15) is 0 Å². The molecule has 6 heteroatoms. The molecule has 1 aliphatic rings. The smallest absolute Gasteiger partial charge is 0.163 e. The zero-order valence-electron chi connectivity index (χ0n) is 16.5. The number of fused-ring (bicyclic) bond motifs is 1. The highest BCUT2D eigenvalue weighted by atomic mass is 16.5. The van der Waals surface area contributed by atoms with E-state index in [4.69, 9.17) is 19.4 Å². The van der Waals surface area contributed by atoms with E-state index in [0.29, 0.717) is 25.6 Å². The largest absolute Gasteiger partial charge is 0.491 e. The zero-order valence-corrected chi connectivity index (χ0v) is 16.5. The molecule has 2 aromatic carbocycles. The molecule has 1 atom stereocenters. The Bertz CT molecular complexity index is 1120. The van der Waals surface area contributed by atoms with Gasteiger partial charge in [-0.05, 0) is 36.4 Å². The molecule has 0 amide bonds. The second-order valence-corrected chi connectivity index (χ2v) is 7.19. The van der Waals surface area contributed by atoms with Crippen molar-refractivity contribution in [3.05, 3.63) is 79.1 Å². The van der Waals surface area contributed by atoms with Crippen LogP contribution in [0.4, 0.5) is 5.82 Å². The van der Waals surface area contributed by atoms with Gasteiger partial charge in [-0.25, -0.2) is 9.97 Å². The molecule has 2 aromatic heterocycles. The van der Waals surface area contributed by atoms with Crippen LogP contribution in [-0.4, -0.2) is 47.4 Å². The van der Waals surface area contributed by atoms with Gasteiger partial charge in [0.05, 0.1) is 12.1 Å². The first-order valence-corrected chi connectivity index (χ1v) is 10.1. The topological polar surface area (TPSA) is 60.4 Å². The van der Waals surface area contributed by atoms with Crippen molar-refractivity contribution >= 4 is 16.7 Å². The molecule has 0 spiro atoms. The molecule has 1 unspecified atom stereocenters. The molecule has 0 N–H and O–H groups in total. The Kier molecular flexibility index (Phi) is 5.23. The zero-order chi connectivity index (χ0) is 20.2.